The third-order valence-corrected chi connectivity index (χ3v) is 5.81. The quantitative estimate of drug-likeness (QED) is 0.750. The number of sulfonamides is 1. The molecule has 0 spiro atoms. The Labute approximate surface area is 166 Å². The SMILES string of the molecule is CC(C)[C@H](C)NC(=O)c1ccc(N(Cc2ccc(Cl)cc2)S(C)(=O)=O)cc1. The van der Waals surface area contributed by atoms with E-state index in [9.17, 15) is 13.2 Å². The summed E-state index contributed by atoms with van der Waals surface area (Å²) in [5.74, 6) is 0.152. The fourth-order valence-corrected chi connectivity index (χ4v) is 3.41. The van der Waals surface area contributed by atoms with Crippen LogP contribution in [-0.4, -0.2) is 26.6 Å². The first-order valence-corrected chi connectivity index (χ1v) is 10.9. The van der Waals surface area contributed by atoms with Crippen LogP contribution >= 0.6 is 11.6 Å². The maximum atomic E-state index is 12.3. The summed E-state index contributed by atoms with van der Waals surface area (Å²) in [5.41, 5.74) is 1.81. The first kappa shape index (κ1) is 21.3. The first-order valence-electron chi connectivity index (χ1n) is 8.71. The van der Waals surface area contributed by atoms with Crippen molar-refractivity contribution >= 4 is 33.2 Å². The van der Waals surface area contributed by atoms with Crippen LogP contribution in [0.25, 0.3) is 0 Å². The minimum atomic E-state index is -3.49. The summed E-state index contributed by atoms with van der Waals surface area (Å²) in [6.45, 7) is 6.21. The molecule has 0 unspecified atom stereocenters. The summed E-state index contributed by atoms with van der Waals surface area (Å²) in [4.78, 5) is 12.3. The lowest BCUT2D eigenvalue weighted by molar-refractivity contribution is 0.0930. The van der Waals surface area contributed by atoms with E-state index in [2.05, 4.69) is 5.32 Å². The molecule has 27 heavy (non-hydrogen) atoms. The van der Waals surface area contributed by atoms with Crippen molar-refractivity contribution in [1.82, 2.24) is 5.32 Å². The summed E-state index contributed by atoms with van der Waals surface area (Å²) in [7, 11) is -3.49. The van der Waals surface area contributed by atoms with E-state index in [0.717, 1.165) is 11.8 Å². The number of nitrogens with one attached hydrogen (secondary N) is 1. The van der Waals surface area contributed by atoms with E-state index < -0.39 is 10.0 Å². The molecule has 2 rings (SSSR count). The maximum absolute atomic E-state index is 12.3. The molecule has 0 aliphatic carbocycles. The number of rotatable bonds is 7. The molecule has 0 fully saturated rings. The number of hydrogen-bond donors (Lipinski definition) is 1. The molecule has 1 atom stereocenters. The number of benzene rings is 2. The van der Waals surface area contributed by atoms with E-state index >= 15 is 0 Å². The van der Waals surface area contributed by atoms with Gasteiger partial charge in [0.15, 0.2) is 0 Å². The van der Waals surface area contributed by atoms with Gasteiger partial charge in [-0.05, 0) is 54.8 Å². The molecule has 0 radical (unpaired) electrons. The van der Waals surface area contributed by atoms with Gasteiger partial charge in [0.2, 0.25) is 10.0 Å². The van der Waals surface area contributed by atoms with Gasteiger partial charge in [-0.2, -0.15) is 0 Å². The van der Waals surface area contributed by atoms with Gasteiger partial charge < -0.3 is 5.32 Å². The molecular weight excluding hydrogens is 384 g/mol. The highest BCUT2D eigenvalue weighted by atomic mass is 35.5. The number of carbonyl (C=O) groups excluding carboxylic acids is 1. The van der Waals surface area contributed by atoms with Crippen molar-refractivity contribution in [2.45, 2.75) is 33.4 Å². The molecule has 0 aliphatic rings. The van der Waals surface area contributed by atoms with Gasteiger partial charge in [-0.1, -0.05) is 37.6 Å². The smallest absolute Gasteiger partial charge is 0.251 e. The van der Waals surface area contributed by atoms with Crippen molar-refractivity contribution in [3.63, 3.8) is 0 Å². The molecule has 5 nitrogen and oxygen atoms in total. The third kappa shape index (κ3) is 5.97. The predicted molar refractivity (Wildman–Crippen MR) is 111 cm³/mol. The first-order chi connectivity index (χ1) is 12.6. The van der Waals surface area contributed by atoms with E-state index in [4.69, 9.17) is 11.6 Å². The highest BCUT2D eigenvalue weighted by Gasteiger charge is 2.19. The fraction of sp³-hybridized carbons (Fsp3) is 0.350. The van der Waals surface area contributed by atoms with Crippen LogP contribution in [0.5, 0.6) is 0 Å². The van der Waals surface area contributed by atoms with Crippen LogP contribution in [0.1, 0.15) is 36.7 Å². The van der Waals surface area contributed by atoms with Gasteiger partial charge in [0.25, 0.3) is 5.91 Å². The van der Waals surface area contributed by atoms with E-state index in [-0.39, 0.29) is 18.5 Å². The minimum Gasteiger partial charge on any atom is -0.349 e. The Morgan fingerprint density at radius 3 is 2.07 bits per heavy atom. The second-order valence-electron chi connectivity index (χ2n) is 6.95. The Bertz CT molecular complexity index is 878. The van der Waals surface area contributed by atoms with Crippen molar-refractivity contribution < 1.29 is 13.2 Å². The lowest BCUT2D eigenvalue weighted by atomic mass is 10.1. The average molecular weight is 409 g/mol. The Morgan fingerprint density at radius 2 is 1.59 bits per heavy atom. The Hall–Kier alpha value is -2.05. The maximum Gasteiger partial charge on any atom is 0.251 e. The van der Waals surface area contributed by atoms with Gasteiger partial charge in [-0.25, -0.2) is 8.42 Å². The Balaban J connectivity index is 2.22. The van der Waals surface area contributed by atoms with Crippen molar-refractivity contribution in [3.05, 3.63) is 64.7 Å². The zero-order chi connectivity index (χ0) is 20.2. The minimum absolute atomic E-state index is 0.0506. The Kier molecular flexibility index (Phi) is 6.89. The number of carbonyl (C=O) groups is 1. The molecule has 1 amide bonds. The summed E-state index contributed by atoms with van der Waals surface area (Å²) in [6, 6.07) is 13.6. The summed E-state index contributed by atoms with van der Waals surface area (Å²) >= 11 is 5.89. The molecule has 0 saturated heterocycles. The molecule has 7 heteroatoms. The predicted octanol–water partition coefficient (Wildman–Crippen LogP) is 4.08. The van der Waals surface area contributed by atoms with Crippen LogP contribution in [0.15, 0.2) is 48.5 Å². The van der Waals surface area contributed by atoms with Crippen molar-refractivity contribution in [3.8, 4) is 0 Å². The van der Waals surface area contributed by atoms with Crippen LogP contribution < -0.4 is 9.62 Å². The van der Waals surface area contributed by atoms with Gasteiger partial charge in [-0.15, -0.1) is 0 Å². The summed E-state index contributed by atoms with van der Waals surface area (Å²) in [5, 5.41) is 3.53. The van der Waals surface area contributed by atoms with E-state index in [0.29, 0.717) is 22.2 Å². The average Bonchev–Trinajstić information content (AvgIpc) is 2.60. The Morgan fingerprint density at radius 1 is 1.04 bits per heavy atom. The second-order valence-corrected chi connectivity index (χ2v) is 9.29. The zero-order valence-electron chi connectivity index (χ0n) is 15.9. The lowest BCUT2D eigenvalue weighted by Crippen LogP contribution is -2.36. The molecule has 0 heterocycles. The third-order valence-electron chi connectivity index (χ3n) is 4.42. The number of halogens is 1. The summed E-state index contributed by atoms with van der Waals surface area (Å²) in [6.07, 6.45) is 1.16. The van der Waals surface area contributed by atoms with Crippen LogP contribution in [0.2, 0.25) is 5.02 Å². The molecule has 0 bridgehead atoms. The number of nitrogens with zero attached hydrogens (tertiary/aromatic N) is 1. The van der Waals surface area contributed by atoms with E-state index in [1.54, 1.807) is 48.5 Å². The highest BCUT2D eigenvalue weighted by molar-refractivity contribution is 7.92. The highest BCUT2D eigenvalue weighted by Crippen LogP contribution is 2.22. The van der Waals surface area contributed by atoms with Gasteiger partial charge in [0.05, 0.1) is 18.5 Å². The monoisotopic (exact) mass is 408 g/mol. The topological polar surface area (TPSA) is 66.5 Å². The van der Waals surface area contributed by atoms with Crippen molar-refractivity contribution in [2.24, 2.45) is 5.92 Å². The molecule has 0 aromatic heterocycles. The fourth-order valence-electron chi connectivity index (χ4n) is 2.39. The standard InChI is InChI=1S/C20H25ClN2O3S/c1-14(2)15(3)22-20(24)17-7-11-19(12-8-17)23(27(4,25)26)13-16-5-9-18(21)10-6-16/h5-12,14-15H,13H2,1-4H3,(H,22,24)/t15-/m0/s1. The van der Waals surface area contributed by atoms with Gasteiger partial charge in [-0.3, -0.25) is 9.10 Å². The summed E-state index contributed by atoms with van der Waals surface area (Å²) < 4.78 is 25.8. The lowest BCUT2D eigenvalue weighted by Gasteiger charge is -2.23. The molecule has 2 aromatic rings. The molecule has 1 N–H and O–H groups in total. The van der Waals surface area contributed by atoms with Crippen LogP contribution in [0, 0.1) is 5.92 Å². The number of amides is 1. The molecule has 146 valence electrons. The van der Waals surface area contributed by atoms with Crippen molar-refractivity contribution in [2.75, 3.05) is 10.6 Å². The van der Waals surface area contributed by atoms with Gasteiger partial charge >= 0.3 is 0 Å². The van der Waals surface area contributed by atoms with Crippen molar-refractivity contribution in [1.29, 1.82) is 0 Å². The van der Waals surface area contributed by atoms with E-state index in [1.807, 2.05) is 20.8 Å². The second kappa shape index (κ2) is 8.76. The largest absolute Gasteiger partial charge is 0.349 e. The molecule has 2 aromatic carbocycles. The van der Waals surface area contributed by atoms with Gasteiger partial charge in [0, 0.05) is 16.6 Å². The van der Waals surface area contributed by atoms with E-state index in [1.165, 1.54) is 4.31 Å². The van der Waals surface area contributed by atoms with Crippen LogP contribution in [0.3, 0.4) is 0 Å². The van der Waals surface area contributed by atoms with Gasteiger partial charge in [0.1, 0.15) is 0 Å². The number of hydrogen-bond acceptors (Lipinski definition) is 3. The molecular formula is C20H25ClN2O3S. The zero-order valence-corrected chi connectivity index (χ0v) is 17.5. The molecule has 0 saturated carbocycles. The molecule has 0 aliphatic heterocycles. The normalized spacial score (nSPS) is 12.7. The number of anilines is 1. The van der Waals surface area contributed by atoms with Crippen LogP contribution in [-0.2, 0) is 16.6 Å². The van der Waals surface area contributed by atoms with Crippen LogP contribution in [0.4, 0.5) is 5.69 Å².